The maximum atomic E-state index is 13.7. The summed E-state index contributed by atoms with van der Waals surface area (Å²) in [4.78, 5) is 24.3. The molecule has 180 valence electrons. The lowest BCUT2D eigenvalue weighted by atomic mass is 10.2. The quantitative estimate of drug-likeness (QED) is 0.327. The third-order valence-corrected chi connectivity index (χ3v) is 9.49. The molecule has 7 nitrogen and oxygen atoms in total. The molecule has 0 unspecified atom stereocenters. The zero-order chi connectivity index (χ0) is 24.7. The van der Waals surface area contributed by atoms with E-state index in [4.69, 9.17) is 16.6 Å². The fraction of sp³-hybridized carbons (Fsp3) is 0.240. The van der Waals surface area contributed by atoms with Gasteiger partial charge in [-0.2, -0.15) is 4.31 Å². The van der Waals surface area contributed by atoms with Crippen LogP contribution in [0.3, 0.4) is 0 Å². The van der Waals surface area contributed by atoms with Crippen molar-refractivity contribution in [3.63, 3.8) is 0 Å². The highest BCUT2D eigenvalue weighted by atomic mass is 35.5. The highest BCUT2D eigenvalue weighted by Crippen LogP contribution is 2.35. The summed E-state index contributed by atoms with van der Waals surface area (Å²) in [6, 6.07) is 13.6. The first-order valence-electron chi connectivity index (χ1n) is 11.1. The van der Waals surface area contributed by atoms with E-state index in [1.54, 1.807) is 36.5 Å². The van der Waals surface area contributed by atoms with Crippen LogP contribution in [0, 0.1) is 6.92 Å². The van der Waals surface area contributed by atoms with E-state index in [0.717, 1.165) is 34.2 Å². The maximum Gasteiger partial charge on any atom is 0.260 e. The molecule has 2 heterocycles. The molecule has 4 aromatic rings. The third kappa shape index (κ3) is 4.69. The molecule has 0 atom stereocenters. The summed E-state index contributed by atoms with van der Waals surface area (Å²) in [5.41, 5.74) is 2.83. The van der Waals surface area contributed by atoms with E-state index in [1.165, 1.54) is 27.8 Å². The second-order valence-electron chi connectivity index (χ2n) is 8.54. The Kier molecular flexibility index (Phi) is 6.35. The van der Waals surface area contributed by atoms with Crippen LogP contribution in [0.25, 0.3) is 10.2 Å². The Hall–Kier alpha value is -2.85. The van der Waals surface area contributed by atoms with Crippen molar-refractivity contribution in [2.75, 3.05) is 11.9 Å². The molecule has 1 amide bonds. The zero-order valence-electron chi connectivity index (χ0n) is 19.2. The van der Waals surface area contributed by atoms with Crippen LogP contribution in [0.1, 0.15) is 34.3 Å². The van der Waals surface area contributed by atoms with Crippen LogP contribution in [0.2, 0.25) is 5.02 Å². The average molecular weight is 527 g/mol. The van der Waals surface area contributed by atoms with Gasteiger partial charge in [0.2, 0.25) is 10.0 Å². The number of benzene rings is 2. The number of pyridine rings is 1. The second kappa shape index (κ2) is 9.31. The summed E-state index contributed by atoms with van der Waals surface area (Å²) in [5.74, 6) is -0.281. The first-order valence-corrected chi connectivity index (χ1v) is 13.7. The van der Waals surface area contributed by atoms with E-state index >= 15 is 0 Å². The lowest BCUT2D eigenvalue weighted by molar-refractivity contribution is 0.0985. The summed E-state index contributed by atoms with van der Waals surface area (Å²) in [6.07, 6.45) is 5.14. The molecule has 2 aromatic heterocycles. The first-order chi connectivity index (χ1) is 16.8. The number of amides is 1. The number of aromatic nitrogens is 2. The van der Waals surface area contributed by atoms with Crippen molar-refractivity contribution in [3.8, 4) is 0 Å². The number of rotatable bonds is 7. The van der Waals surface area contributed by atoms with E-state index < -0.39 is 10.0 Å². The normalized spacial score (nSPS) is 13.9. The van der Waals surface area contributed by atoms with E-state index in [-0.39, 0.29) is 23.4 Å². The minimum Gasteiger partial charge on any atom is -0.279 e. The Morgan fingerprint density at radius 1 is 1.14 bits per heavy atom. The summed E-state index contributed by atoms with van der Waals surface area (Å²) in [6.45, 7) is 2.17. The van der Waals surface area contributed by atoms with Gasteiger partial charge in [0.25, 0.3) is 5.91 Å². The highest BCUT2D eigenvalue weighted by molar-refractivity contribution is 7.89. The Labute approximate surface area is 213 Å². The zero-order valence-corrected chi connectivity index (χ0v) is 21.6. The van der Waals surface area contributed by atoms with Gasteiger partial charge in [-0.15, -0.1) is 0 Å². The third-order valence-electron chi connectivity index (χ3n) is 6.12. The van der Waals surface area contributed by atoms with E-state index in [9.17, 15) is 13.2 Å². The van der Waals surface area contributed by atoms with Crippen LogP contribution < -0.4 is 4.90 Å². The molecule has 35 heavy (non-hydrogen) atoms. The molecule has 0 spiro atoms. The minimum absolute atomic E-state index is 0.0623. The van der Waals surface area contributed by atoms with Gasteiger partial charge in [-0.3, -0.25) is 14.7 Å². The smallest absolute Gasteiger partial charge is 0.260 e. The van der Waals surface area contributed by atoms with Gasteiger partial charge in [-0.05, 0) is 73.4 Å². The molecule has 1 fully saturated rings. The predicted octanol–water partition coefficient (Wildman–Crippen LogP) is 5.28. The fourth-order valence-electron chi connectivity index (χ4n) is 3.83. The van der Waals surface area contributed by atoms with Crippen molar-refractivity contribution in [2.45, 2.75) is 37.2 Å². The van der Waals surface area contributed by atoms with Crippen molar-refractivity contribution >= 4 is 54.2 Å². The number of carbonyl (C=O) groups excluding carboxylic acids is 1. The lowest BCUT2D eigenvalue weighted by Crippen LogP contribution is -2.31. The number of hydrogen-bond donors (Lipinski definition) is 0. The molecule has 0 aliphatic heterocycles. The monoisotopic (exact) mass is 526 g/mol. The SMILES string of the molecule is Cc1c(Cl)ccc2sc(N(Cc3cccnc3)C(=O)c3ccc(S(=O)(=O)N(C)C4CC4)cc3)nc12. The van der Waals surface area contributed by atoms with Gasteiger partial charge in [0.1, 0.15) is 0 Å². The number of sulfonamides is 1. The molecule has 1 aliphatic carbocycles. The van der Waals surface area contributed by atoms with Crippen molar-refractivity contribution in [2.24, 2.45) is 0 Å². The summed E-state index contributed by atoms with van der Waals surface area (Å²) in [5, 5.41) is 1.15. The topological polar surface area (TPSA) is 83.5 Å². The Morgan fingerprint density at radius 2 is 1.89 bits per heavy atom. The van der Waals surface area contributed by atoms with Crippen LogP contribution in [-0.2, 0) is 16.6 Å². The number of nitrogens with zero attached hydrogens (tertiary/aromatic N) is 4. The molecule has 2 aromatic carbocycles. The molecule has 1 saturated carbocycles. The minimum atomic E-state index is -3.59. The van der Waals surface area contributed by atoms with Gasteiger partial charge in [0.15, 0.2) is 5.13 Å². The van der Waals surface area contributed by atoms with Gasteiger partial charge in [0.05, 0.1) is 21.7 Å². The van der Waals surface area contributed by atoms with Gasteiger partial charge < -0.3 is 0 Å². The van der Waals surface area contributed by atoms with Crippen LogP contribution in [0.15, 0.2) is 65.8 Å². The molecule has 10 heteroatoms. The van der Waals surface area contributed by atoms with E-state index in [1.807, 2.05) is 31.2 Å². The Morgan fingerprint density at radius 3 is 2.54 bits per heavy atom. The summed E-state index contributed by atoms with van der Waals surface area (Å²) < 4.78 is 28.0. The molecular formula is C25H23ClN4O3S2. The molecular weight excluding hydrogens is 504 g/mol. The molecule has 1 aliphatic rings. The number of halogens is 1. The second-order valence-corrected chi connectivity index (χ2v) is 12.0. The standard InChI is InChI=1S/C25H23ClN4O3S2/c1-16-21(26)11-12-22-23(16)28-25(34-22)30(15-17-4-3-13-27-14-17)24(31)18-5-9-20(10-6-18)35(32,33)29(2)19-7-8-19/h3-6,9-14,19H,7-8,15H2,1-2H3. The molecule has 0 radical (unpaired) electrons. The number of carbonyl (C=O) groups is 1. The van der Waals surface area contributed by atoms with Gasteiger partial charge >= 0.3 is 0 Å². The van der Waals surface area contributed by atoms with Crippen molar-refractivity contribution in [3.05, 3.63) is 82.6 Å². The largest absolute Gasteiger partial charge is 0.279 e. The molecule has 5 rings (SSSR count). The van der Waals surface area contributed by atoms with Crippen molar-refractivity contribution in [1.82, 2.24) is 14.3 Å². The van der Waals surface area contributed by atoms with Gasteiger partial charge in [-0.25, -0.2) is 13.4 Å². The lowest BCUT2D eigenvalue weighted by Gasteiger charge is -2.20. The first kappa shape index (κ1) is 23.9. The van der Waals surface area contributed by atoms with Crippen LogP contribution in [0.4, 0.5) is 5.13 Å². The van der Waals surface area contributed by atoms with Crippen LogP contribution in [0.5, 0.6) is 0 Å². The van der Waals surface area contributed by atoms with Gasteiger partial charge in [-0.1, -0.05) is 29.0 Å². The van der Waals surface area contributed by atoms with Crippen LogP contribution >= 0.6 is 22.9 Å². The number of thiazole rings is 1. The molecule has 0 bridgehead atoms. The number of anilines is 1. The van der Waals surface area contributed by atoms with E-state index in [2.05, 4.69) is 4.98 Å². The highest BCUT2D eigenvalue weighted by Gasteiger charge is 2.35. The van der Waals surface area contributed by atoms with Crippen LogP contribution in [-0.4, -0.2) is 41.7 Å². The van der Waals surface area contributed by atoms with E-state index in [0.29, 0.717) is 15.7 Å². The summed E-state index contributed by atoms with van der Waals surface area (Å²) in [7, 11) is -1.99. The number of aryl methyl sites for hydroxylation is 1. The maximum absolute atomic E-state index is 13.7. The molecule has 0 saturated heterocycles. The van der Waals surface area contributed by atoms with Crippen molar-refractivity contribution < 1.29 is 13.2 Å². The predicted molar refractivity (Wildman–Crippen MR) is 139 cm³/mol. The molecule has 0 N–H and O–H groups in total. The number of fused-ring (bicyclic) bond motifs is 1. The Bertz CT molecular complexity index is 1500. The summed E-state index contributed by atoms with van der Waals surface area (Å²) >= 11 is 7.69. The fourth-order valence-corrected chi connectivity index (χ4v) is 6.42. The Balaban J connectivity index is 1.50. The van der Waals surface area contributed by atoms with Gasteiger partial charge in [0, 0.05) is 36.1 Å². The van der Waals surface area contributed by atoms with Crippen molar-refractivity contribution in [1.29, 1.82) is 0 Å². The number of hydrogen-bond acceptors (Lipinski definition) is 6. The average Bonchev–Trinajstić information content (AvgIpc) is 3.63.